The Morgan fingerprint density at radius 2 is 0.643 bits per heavy atom. The van der Waals surface area contributed by atoms with Gasteiger partial charge in [-0.2, -0.15) is 0 Å². The van der Waals surface area contributed by atoms with Crippen molar-refractivity contribution in [1.29, 1.82) is 5.26 Å². The van der Waals surface area contributed by atoms with Crippen LogP contribution in [0.2, 0.25) is 0 Å². The van der Waals surface area contributed by atoms with Gasteiger partial charge in [-0.3, -0.25) is 0 Å². The van der Waals surface area contributed by atoms with Gasteiger partial charge in [-0.05, 0) is 0 Å². The van der Waals surface area contributed by atoms with Crippen LogP contribution in [0.1, 0.15) is 0 Å². The van der Waals surface area contributed by atoms with Gasteiger partial charge in [0.2, 0.25) is 0 Å². The molecule has 0 N–H and O–H groups in total. The standard InChI is InChI=1S/C24H20As.CHNO/c1-5-13-21(14-6-1)25(22-15-7-2-8-16-22,23-17-9-3-10-18-23)24-19-11-4-12-20-24;2-1-3/h1-20H;3H/q+1;/p-1. The number of hydrogen-bond donors (Lipinski definition) is 0. The molecule has 0 heterocycles. The van der Waals surface area contributed by atoms with Gasteiger partial charge in [-0.15, -0.1) is 0 Å². The van der Waals surface area contributed by atoms with Gasteiger partial charge in [0.15, 0.2) is 0 Å². The summed E-state index contributed by atoms with van der Waals surface area (Å²) in [7, 11) is 0. The third-order valence-electron chi connectivity index (χ3n) is 4.57. The maximum atomic E-state index is 8.24. The molecule has 0 saturated carbocycles. The van der Waals surface area contributed by atoms with Crippen LogP contribution in [0.4, 0.5) is 0 Å². The summed E-state index contributed by atoms with van der Waals surface area (Å²) in [5.41, 5.74) is 0. The van der Waals surface area contributed by atoms with Gasteiger partial charge in [0.05, 0.1) is 0 Å². The van der Waals surface area contributed by atoms with E-state index in [1.807, 2.05) is 0 Å². The molecule has 0 saturated heterocycles. The first-order valence-electron chi connectivity index (χ1n) is 8.96. The molecule has 0 bridgehead atoms. The molecule has 0 aliphatic rings. The van der Waals surface area contributed by atoms with Gasteiger partial charge in [0.1, 0.15) is 0 Å². The zero-order chi connectivity index (χ0) is 19.7. The second-order valence-electron chi connectivity index (χ2n) is 6.10. The van der Waals surface area contributed by atoms with Crippen molar-refractivity contribution in [1.82, 2.24) is 0 Å². The average molecular weight is 425 g/mol. The molecule has 0 fully saturated rings. The second kappa shape index (κ2) is 9.60. The minimum atomic E-state index is -2.77. The Morgan fingerprint density at radius 1 is 0.464 bits per heavy atom. The molecule has 0 aromatic heterocycles. The fraction of sp³-hybridized carbons (Fsp3) is 0. The third-order valence-corrected chi connectivity index (χ3v) is 13.6. The van der Waals surface area contributed by atoms with Gasteiger partial charge in [0.25, 0.3) is 0 Å². The van der Waals surface area contributed by atoms with E-state index < -0.39 is 13.6 Å². The first kappa shape index (κ1) is 19.5. The molecule has 28 heavy (non-hydrogen) atoms. The van der Waals surface area contributed by atoms with Crippen molar-refractivity contribution >= 4 is 31.0 Å². The quantitative estimate of drug-likeness (QED) is 0.371. The van der Waals surface area contributed by atoms with E-state index in [4.69, 9.17) is 10.4 Å². The summed E-state index contributed by atoms with van der Waals surface area (Å²) < 4.78 is 5.79. The molecule has 0 spiro atoms. The topological polar surface area (TPSA) is 46.8 Å². The van der Waals surface area contributed by atoms with Gasteiger partial charge in [-0.1, -0.05) is 0 Å². The molecular formula is C25H20AsNO. The predicted molar refractivity (Wildman–Crippen MR) is 116 cm³/mol. The number of hydrogen-bond acceptors (Lipinski definition) is 2. The van der Waals surface area contributed by atoms with Crippen molar-refractivity contribution in [2.75, 3.05) is 0 Å². The fourth-order valence-corrected chi connectivity index (χ4v) is 12.5. The average Bonchev–Trinajstić information content (AvgIpc) is 2.78. The van der Waals surface area contributed by atoms with E-state index >= 15 is 0 Å². The SMILES string of the molecule is N#C[O-].c1ccc([As+](c2ccccc2)(c2ccccc2)c2ccccc2)cc1. The van der Waals surface area contributed by atoms with Crippen molar-refractivity contribution in [3.05, 3.63) is 121 Å². The van der Waals surface area contributed by atoms with Crippen LogP contribution in [-0.2, 0) is 0 Å². The van der Waals surface area contributed by atoms with E-state index in [2.05, 4.69) is 121 Å². The molecular weight excluding hydrogens is 405 g/mol. The third kappa shape index (κ3) is 3.86. The molecule has 136 valence electrons. The molecule has 2 nitrogen and oxygen atoms in total. The normalized spacial score (nSPS) is 10.2. The van der Waals surface area contributed by atoms with E-state index in [1.165, 1.54) is 17.4 Å². The molecule has 0 aliphatic heterocycles. The molecule has 4 aromatic rings. The van der Waals surface area contributed by atoms with Crippen molar-refractivity contribution in [3.8, 4) is 6.26 Å². The van der Waals surface area contributed by atoms with Crippen LogP contribution in [-0.4, -0.2) is 13.6 Å². The van der Waals surface area contributed by atoms with E-state index in [9.17, 15) is 0 Å². The summed E-state index contributed by atoms with van der Waals surface area (Å²) in [6.07, 6.45) is 0.500. The van der Waals surface area contributed by atoms with Crippen LogP contribution < -0.4 is 22.5 Å². The summed E-state index contributed by atoms with van der Waals surface area (Å²) in [6.45, 7) is 0. The Labute approximate surface area is 168 Å². The zero-order valence-corrected chi connectivity index (χ0v) is 17.2. The van der Waals surface area contributed by atoms with Crippen LogP contribution in [0.15, 0.2) is 121 Å². The molecule has 0 aliphatic carbocycles. The second-order valence-corrected chi connectivity index (χ2v) is 13.3. The van der Waals surface area contributed by atoms with Gasteiger partial charge in [-0.25, -0.2) is 5.26 Å². The minimum absolute atomic E-state index is 0.500. The van der Waals surface area contributed by atoms with E-state index in [0.29, 0.717) is 6.26 Å². The van der Waals surface area contributed by atoms with Gasteiger partial charge in [0, 0.05) is 6.26 Å². The summed E-state index contributed by atoms with van der Waals surface area (Å²) in [5.74, 6) is 0. The van der Waals surface area contributed by atoms with Gasteiger partial charge < -0.3 is 5.11 Å². The van der Waals surface area contributed by atoms with E-state index in [-0.39, 0.29) is 0 Å². The molecule has 4 aromatic carbocycles. The number of nitriles is 1. The Balaban J connectivity index is 0.000000706. The van der Waals surface area contributed by atoms with Crippen LogP contribution in [0.3, 0.4) is 0 Å². The van der Waals surface area contributed by atoms with Crippen LogP contribution >= 0.6 is 0 Å². The summed E-state index contributed by atoms with van der Waals surface area (Å²) in [6, 6.07) is 44.2. The Hall–Kier alpha value is -3.27. The monoisotopic (exact) mass is 425 g/mol. The Morgan fingerprint density at radius 3 is 0.821 bits per heavy atom. The van der Waals surface area contributed by atoms with Crippen LogP contribution in [0.25, 0.3) is 0 Å². The molecule has 4 rings (SSSR count). The Kier molecular flexibility index (Phi) is 6.68. The van der Waals surface area contributed by atoms with Gasteiger partial charge >= 0.3 is 152 Å². The molecule has 0 amide bonds. The molecule has 3 heteroatoms. The van der Waals surface area contributed by atoms with Crippen LogP contribution in [0.5, 0.6) is 0 Å². The summed E-state index contributed by atoms with van der Waals surface area (Å²) in [5, 5.41) is 15.0. The molecule has 0 unspecified atom stereocenters. The first-order chi connectivity index (χ1) is 13.8. The molecule has 0 atom stereocenters. The van der Waals surface area contributed by atoms with E-state index in [1.54, 1.807) is 0 Å². The number of nitrogens with zero attached hydrogens (tertiary/aromatic N) is 1. The maximum absolute atomic E-state index is 8.24. The number of rotatable bonds is 4. The zero-order valence-electron chi connectivity index (χ0n) is 15.3. The molecule has 0 radical (unpaired) electrons. The fourth-order valence-electron chi connectivity index (χ4n) is 3.50. The van der Waals surface area contributed by atoms with E-state index in [0.717, 1.165) is 0 Å². The van der Waals surface area contributed by atoms with Crippen molar-refractivity contribution in [2.24, 2.45) is 0 Å². The van der Waals surface area contributed by atoms with Crippen LogP contribution in [0, 0.1) is 11.5 Å². The van der Waals surface area contributed by atoms with Crippen molar-refractivity contribution in [3.63, 3.8) is 0 Å². The first-order valence-corrected chi connectivity index (χ1v) is 12.7. The predicted octanol–water partition coefficient (Wildman–Crippen LogP) is 1.89. The number of benzene rings is 4. The summed E-state index contributed by atoms with van der Waals surface area (Å²) >= 11 is -2.77. The van der Waals surface area contributed by atoms with Crippen molar-refractivity contribution < 1.29 is 5.11 Å². The van der Waals surface area contributed by atoms with Crippen molar-refractivity contribution in [2.45, 2.75) is 0 Å². The Bertz CT molecular complexity index is 850. The summed E-state index contributed by atoms with van der Waals surface area (Å²) in [4.78, 5) is 0.